The van der Waals surface area contributed by atoms with Crippen LogP contribution < -0.4 is 5.32 Å². The predicted octanol–water partition coefficient (Wildman–Crippen LogP) is 4.01. The average Bonchev–Trinajstić information content (AvgIpc) is 3.29. The molecular formula is C23H25N3O2. The first-order valence-electron chi connectivity index (χ1n) is 9.87. The summed E-state index contributed by atoms with van der Waals surface area (Å²) in [5.41, 5.74) is 4.74. The molecule has 2 aromatic carbocycles. The zero-order chi connectivity index (χ0) is 19.5. The van der Waals surface area contributed by atoms with E-state index < -0.39 is 0 Å². The highest BCUT2D eigenvalue weighted by Gasteiger charge is 2.27. The van der Waals surface area contributed by atoms with Crippen LogP contribution in [0.3, 0.4) is 0 Å². The van der Waals surface area contributed by atoms with Gasteiger partial charge in [0, 0.05) is 0 Å². The topological polar surface area (TPSA) is 67.2 Å². The fraction of sp³-hybridized carbons (Fsp3) is 0.304. The fourth-order valence-electron chi connectivity index (χ4n) is 4.01. The third-order valence-corrected chi connectivity index (χ3v) is 5.41. The van der Waals surface area contributed by atoms with Crippen LogP contribution in [0.5, 0.6) is 5.75 Å². The summed E-state index contributed by atoms with van der Waals surface area (Å²) in [5.74, 6) is 0.223. The average molecular weight is 375 g/mol. The maximum absolute atomic E-state index is 13.0. The van der Waals surface area contributed by atoms with Crippen molar-refractivity contribution in [1.82, 2.24) is 15.1 Å². The van der Waals surface area contributed by atoms with E-state index in [1.165, 1.54) is 0 Å². The zero-order valence-electron chi connectivity index (χ0n) is 16.1. The van der Waals surface area contributed by atoms with E-state index in [1.54, 1.807) is 12.3 Å². The van der Waals surface area contributed by atoms with Crippen molar-refractivity contribution in [2.45, 2.75) is 45.2 Å². The summed E-state index contributed by atoms with van der Waals surface area (Å²) in [6.07, 6.45) is 5.02. The maximum atomic E-state index is 13.0. The Labute approximate surface area is 165 Å². The standard InChI is InChI=1S/C23H25N3O2/c1-2-7-21-19(14-24-26(21)15-16-8-4-3-5-9-16)23(28)25-20-13-12-18-17(20)10-6-11-22(18)27/h3-6,8-11,14,20,27H,2,7,12-13,15H2,1H3,(H,25,28). The van der Waals surface area contributed by atoms with Gasteiger partial charge in [0.1, 0.15) is 5.75 Å². The van der Waals surface area contributed by atoms with Crippen LogP contribution in [-0.4, -0.2) is 20.8 Å². The lowest BCUT2D eigenvalue weighted by molar-refractivity contribution is 0.0935. The Morgan fingerprint density at radius 1 is 1.21 bits per heavy atom. The third kappa shape index (κ3) is 3.52. The van der Waals surface area contributed by atoms with E-state index in [9.17, 15) is 9.90 Å². The van der Waals surface area contributed by atoms with Crippen LogP contribution in [0.4, 0.5) is 0 Å². The van der Waals surface area contributed by atoms with E-state index in [0.29, 0.717) is 17.9 Å². The molecule has 144 valence electrons. The summed E-state index contributed by atoms with van der Waals surface area (Å²) in [4.78, 5) is 13.0. The maximum Gasteiger partial charge on any atom is 0.255 e. The normalized spacial score (nSPS) is 15.4. The molecule has 3 aromatic rings. The van der Waals surface area contributed by atoms with Crippen LogP contribution in [0.15, 0.2) is 54.7 Å². The lowest BCUT2D eigenvalue weighted by atomic mass is 10.1. The highest BCUT2D eigenvalue weighted by Crippen LogP contribution is 2.36. The number of nitrogens with one attached hydrogen (secondary N) is 1. The highest BCUT2D eigenvalue weighted by atomic mass is 16.3. The molecule has 1 atom stereocenters. The number of carbonyl (C=O) groups excluding carboxylic acids is 1. The predicted molar refractivity (Wildman–Crippen MR) is 108 cm³/mol. The number of hydrogen-bond acceptors (Lipinski definition) is 3. The van der Waals surface area contributed by atoms with Gasteiger partial charge in [-0.05, 0) is 42.0 Å². The van der Waals surface area contributed by atoms with Crippen molar-refractivity contribution in [3.63, 3.8) is 0 Å². The quantitative estimate of drug-likeness (QED) is 0.684. The molecule has 1 aromatic heterocycles. The van der Waals surface area contributed by atoms with Gasteiger partial charge in [-0.3, -0.25) is 9.48 Å². The van der Waals surface area contributed by atoms with Gasteiger partial charge in [-0.1, -0.05) is 55.8 Å². The molecule has 5 nitrogen and oxygen atoms in total. The number of rotatable bonds is 6. The van der Waals surface area contributed by atoms with Gasteiger partial charge in [0.2, 0.25) is 0 Å². The molecule has 1 amide bonds. The number of fused-ring (bicyclic) bond motifs is 1. The Morgan fingerprint density at radius 3 is 2.82 bits per heavy atom. The SMILES string of the molecule is CCCc1c(C(=O)NC2CCc3c(O)cccc32)cnn1Cc1ccccc1. The second-order valence-electron chi connectivity index (χ2n) is 7.31. The molecule has 0 fully saturated rings. The molecule has 4 rings (SSSR count). The van der Waals surface area contributed by atoms with Crippen molar-refractivity contribution in [2.24, 2.45) is 0 Å². The van der Waals surface area contributed by atoms with Crippen molar-refractivity contribution in [3.05, 3.63) is 82.7 Å². The number of aromatic hydroxyl groups is 1. The molecule has 2 N–H and O–H groups in total. The van der Waals surface area contributed by atoms with E-state index in [-0.39, 0.29) is 11.9 Å². The van der Waals surface area contributed by atoms with Gasteiger partial charge in [0.25, 0.3) is 5.91 Å². The zero-order valence-corrected chi connectivity index (χ0v) is 16.1. The smallest absolute Gasteiger partial charge is 0.255 e. The van der Waals surface area contributed by atoms with Crippen LogP contribution in [0, 0.1) is 0 Å². The van der Waals surface area contributed by atoms with Gasteiger partial charge in [-0.15, -0.1) is 0 Å². The summed E-state index contributed by atoms with van der Waals surface area (Å²) in [7, 11) is 0. The number of phenols is 1. The Bertz CT molecular complexity index is 979. The largest absolute Gasteiger partial charge is 0.508 e. The first-order chi connectivity index (χ1) is 13.7. The first kappa shape index (κ1) is 18.3. The Hall–Kier alpha value is -3.08. The van der Waals surface area contributed by atoms with Crippen LogP contribution in [0.1, 0.15) is 58.5 Å². The summed E-state index contributed by atoms with van der Waals surface area (Å²) >= 11 is 0. The molecule has 0 saturated heterocycles. The summed E-state index contributed by atoms with van der Waals surface area (Å²) < 4.78 is 1.93. The molecule has 0 spiro atoms. The van der Waals surface area contributed by atoms with Gasteiger partial charge in [0.05, 0.1) is 30.0 Å². The number of nitrogens with zero attached hydrogens (tertiary/aromatic N) is 2. The molecule has 5 heteroatoms. The van der Waals surface area contributed by atoms with Crippen LogP contribution >= 0.6 is 0 Å². The second kappa shape index (κ2) is 7.89. The van der Waals surface area contributed by atoms with Crippen molar-refractivity contribution in [3.8, 4) is 5.75 Å². The van der Waals surface area contributed by atoms with Crippen molar-refractivity contribution in [1.29, 1.82) is 0 Å². The van der Waals surface area contributed by atoms with E-state index in [2.05, 4.69) is 29.5 Å². The minimum Gasteiger partial charge on any atom is -0.508 e. The Morgan fingerprint density at radius 2 is 2.04 bits per heavy atom. The van der Waals surface area contributed by atoms with Gasteiger partial charge in [-0.25, -0.2) is 0 Å². The summed E-state index contributed by atoms with van der Waals surface area (Å²) in [6.45, 7) is 2.77. The molecule has 0 aliphatic heterocycles. The minimum atomic E-state index is -0.0936. The number of amides is 1. The van der Waals surface area contributed by atoms with E-state index in [4.69, 9.17) is 0 Å². The van der Waals surface area contributed by atoms with E-state index >= 15 is 0 Å². The summed E-state index contributed by atoms with van der Waals surface area (Å²) in [5, 5.41) is 17.7. The Balaban J connectivity index is 1.56. The molecule has 1 aliphatic rings. The van der Waals surface area contributed by atoms with Crippen molar-refractivity contribution < 1.29 is 9.90 Å². The van der Waals surface area contributed by atoms with Crippen LogP contribution in [0.2, 0.25) is 0 Å². The summed E-state index contributed by atoms with van der Waals surface area (Å²) in [6, 6.07) is 15.6. The first-order valence-corrected chi connectivity index (χ1v) is 9.87. The molecule has 1 aliphatic carbocycles. The van der Waals surface area contributed by atoms with Crippen molar-refractivity contribution in [2.75, 3.05) is 0 Å². The van der Waals surface area contributed by atoms with E-state index in [0.717, 1.165) is 48.1 Å². The molecule has 28 heavy (non-hydrogen) atoms. The lowest BCUT2D eigenvalue weighted by Crippen LogP contribution is -2.28. The second-order valence-corrected chi connectivity index (χ2v) is 7.31. The molecule has 1 heterocycles. The van der Waals surface area contributed by atoms with Gasteiger partial charge in [0.15, 0.2) is 0 Å². The fourth-order valence-corrected chi connectivity index (χ4v) is 4.01. The van der Waals surface area contributed by atoms with Crippen LogP contribution in [0.25, 0.3) is 0 Å². The lowest BCUT2D eigenvalue weighted by Gasteiger charge is -2.15. The number of hydrogen-bond donors (Lipinski definition) is 2. The number of benzene rings is 2. The van der Waals surface area contributed by atoms with Crippen LogP contribution in [-0.2, 0) is 19.4 Å². The monoisotopic (exact) mass is 375 g/mol. The molecule has 0 radical (unpaired) electrons. The van der Waals surface area contributed by atoms with Gasteiger partial charge in [-0.2, -0.15) is 5.10 Å². The third-order valence-electron chi connectivity index (χ3n) is 5.41. The molecule has 1 unspecified atom stereocenters. The number of aromatic nitrogens is 2. The number of carbonyl (C=O) groups is 1. The van der Waals surface area contributed by atoms with Gasteiger partial charge < -0.3 is 10.4 Å². The minimum absolute atomic E-state index is 0.0680. The molecule has 0 bridgehead atoms. The highest BCUT2D eigenvalue weighted by molar-refractivity contribution is 5.95. The Kier molecular flexibility index (Phi) is 5.15. The van der Waals surface area contributed by atoms with Gasteiger partial charge >= 0.3 is 0 Å². The molecular weight excluding hydrogens is 350 g/mol. The number of phenolic OH excluding ortho intramolecular Hbond substituents is 1. The molecule has 0 saturated carbocycles. The van der Waals surface area contributed by atoms with Crippen molar-refractivity contribution >= 4 is 5.91 Å². The van der Waals surface area contributed by atoms with E-state index in [1.807, 2.05) is 35.0 Å².